The van der Waals surface area contributed by atoms with E-state index in [-0.39, 0.29) is 12.0 Å². The summed E-state index contributed by atoms with van der Waals surface area (Å²) in [4.78, 5) is 11.6. The van der Waals surface area contributed by atoms with Gasteiger partial charge in [0, 0.05) is 0 Å². The van der Waals surface area contributed by atoms with Crippen molar-refractivity contribution in [2.75, 3.05) is 13.7 Å². The molecular formula is C12H19N3O3. The first-order valence-electron chi connectivity index (χ1n) is 6.13. The maximum atomic E-state index is 11.6. The highest BCUT2D eigenvalue weighted by molar-refractivity contribution is 5.80. The zero-order valence-corrected chi connectivity index (χ0v) is 10.8. The normalized spacial score (nSPS) is 27.2. The van der Waals surface area contributed by atoms with E-state index in [1.165, 1.54) is 7.11 Å². The van der Waals surface area contributed by atoms with E-state index in [1.54, 1.807) is 6.20 Å². The summed E-state index contributed by atoms with van der Waals surface area (Å²) in [7, 11) is 1.37. The maximum absolute atomic E-state index is 11.6. The van der Waals surface area contributed by atoms with Crippen LogP contribution in [0, 0.1) is 0 Å². The van der Waals surface area contributed by atoms with E-state index >= 15 is 0 Å². The zero-order valence-electron chi connectivity index (χ0n) is 10.8. The molecule has 1 aromatic rings. The predicted molar refractivity (Wildman–Crippen MR) is 65.2 cm³/mol. The number of hydrogen-bond donors (Lipinski definition) is 1. The largest absolute Gasteiger partial charge is 0.491 e. The molecule has 1 fully saturated rings. The fourth-order valence-corrected chi connectivity index (χ4v) is 2.42. The molecular weight excluding hydrogens is 234 g/mol. The number of rotatable bonds is 4. The molecule has 18 heavy (non-hydrogen) atoms. The summed E-state index contributed by atoms with van der Waals surface area (Å²) in [5.74, 6) is 0.396. The number of hydrogen-bond acceptors (Lipinski definition) is 5. The number of ether oxygens (including phenoxy) is 2. The highest BCUT2D eigenvalue weighted by Crippen LogP contribution is 2.37. The van der Waals surface area contributed by atoms with Gasteiger partial charge in [-0.3, -0.25) is 9.48 Å². The van der Waals surface area contributed by atoms with Gasteiger partial charge in [-0.15, -0.1) is 0 Å². The van der Waals surface area contributed by atoms with Gasteiger partial charge >= 0.3 is 5.97 Å². The van der Waals surface area contributed by atoms with E-state index in [4.69, 9.17) is 15.2 Å². The molecule has 0 bridgehead atoms. The van der Waals surface area contributed by atoms with Crippen LogP contribution in [0.4, 0.5) is 0 Å². The van der Waals surface area contributed by atoms with Crippen LogP contribution in [0.5, 0.6) is 5.75 Å². The van der Waals surface area contributed by atoms with Crippen LogP contribution in [0.3, 0.4) is 0 Å². The number of carbonyl (C=O) groups excluding carboxylic acids is 1. The Morgan fingerprint density at radius 2 is 2.50 bits per heavy atom. The minimum Gasteiger partial charge on any atom is -0.491 e. The fraction of sp³-hybridized carbons (Fsp3) is 0.667. The van der Waals surface area contributed by atoms with Crippen molar-refractivity contribution in [3.05, 3.63) is 12.4 Å². The lowest BCUT2D eigenvalue weighted by molar-refractivity contribution is -0.146. The molecule has 100 valence electrons. The van der Waals surface area contributed by atoms with Crippen molar-refractivity contribution < 1.29 is 14.3 Å². The van der Waals surface area contributed by atoms with Gasteiger partial charge in [0.2, 0.25) is 0 Å². The second-order valence-electron chi connectivity index (χ2n) is 4.63. The topological polar surface area (TPSA) is 79.4 Å². The number of nitrogens with two attached hydrogens (primary N) is 1. The molecule has 1 heterocycles. The molecule has 0 aliphatic heterocycles. The molecule has 6 nitrogen and oxygen atoms in total. The third kappa shape index (κ3) is 2.33. The summed E-state index contributed by atoms with van der Waals surface area (Å²) in [6.45, 7) is 2.54. The minimum atomic E-state index is -0.878. The highest BCUT2D eigenvalue weighted by Gasteiger charge is 2.43. The Bertz CT molecular complexity index is 432. The van der Waals surface area contributed by atoms with Gasteiger partial charge in [0.05, 0.1) is 32.2 Å². The van der Waals surface area contributed by atoms with Gasteiger partial charge in [-0.1, -0.05) is 0 Å². The van der Waals surface area contributed by atoms with Crippen LogP contribution in [0.15, 0.2) is 12.4 Å². The average Bonchev–Trinajstić information content (AvgIpc) is 2.96. The molecule has 2 atom stereocenters. The van der Waals surface area contributed by atoms with E-state index in [0.717, 1.165) is 12.2 Å². The smallest absolute Gasteiger partial charge is 0.325 e. The van der Waals surface area contributed by atoms with Crippen molar-refractivity contribution in [1.82, 2.24) is 9.78 Å². The Morgan fingerprint density at radius 1 is 1.72 bits per heavy atom. The highest BCUT2D eigenvalue weighted by atomic mass is 16.5. The number of esters is 1. The molecule has 2 N–H and O–H groups in total. The Hall–Kier alpha value is -1.56. The molecule has 1 saturated carbocycles. The van der Waals surface area contributed by atoms with E-state index in [0.29, 0.717) is 19.4 Å². The molecule has 1 aliphatic rings. The zero-order chi connectivity index (χ0) is 13.2. The quantitative estimate of drug-likeness (QED) is 0.806. The first kappa shape index (κ1) is 12.9. The van der Waals surface area contributed by atoms with Gasteiger partial charge in [0.15, 0.2) is 5.75 Å². The van der Waals surface area contributed by atoms with Crippen LogP contribution in [0.1, 0.15) is 32.2 Å². The number of nitrogens with zero attached hydrogens (tertiary/aromatic N) is 2. The van der Waals surface area contributed by atoms with Crippen LogP contribution in [0.25, 0.3) is 0 Å². The number of aromatic nitrogens is 2. The third-order valence-electron chi connectivity index (χ3n) is 3.38. The Kier molecular flexibility index (Phi) is 3.56. The van der Waals surface area contributed by atoms with Gasteiger partial charge < -0.3 is 15.2 Å². The molecule has 0 spiro atoms. The van der Waals surface area contributed by atoms with Gasteiger partial charge in [-0.25, -0.2) is 0 Å². The van der Waals surface area contributed by atoms with Gasteiger partial charge in [0.25, 0.3) is 0 Å². The van der Waals surface area contributed by atoms with Gasteiger partial charge in [-0.05, 0) is 26.2 Å². The summed E-state index contributed by atoms with van der Waals surface area (Å²) < 4.78 is 11.9. The van der Waals surface area contributed by atoms with Crippen molar-refractivity contribution >= 4 is 5.97 Å². The Balaban J connectivity index is 2.05. The lowest BCUT2D eigenvalue weighted by Gasteiger charge is -2.20. The third-order valence-corrected chi connectivity index (χ3v) is 3.38. The molecule has 1 aromatic heterocycles. The number of methoxy groups -OCH3 is 1. The monoisotopic (exact) mass is 253 g/mol. The van der Waals surface area contributed by atoms with Crippen LogP contribution in [-0.4, -0.2) is 35.0 Å². The second kappa shape index (κ2) is 4.97. The van der Waals surface area contributed by atoms with E-state index in [2.05, 4.69) is 5.10 Å². The average molecular weight is 253 g/mol. The molecule has 0 saturated heterocycles. The molecule has 6 heteroatoms. The van der Waals surface area contributed by atoms with Crippen molar-refractivity contribution in [3.8, 4) is 5.75 Å². The molecule has 2 unspecified atom stereocenters. The second-order valence-corrected chi connectivity index (χ2v) is 4.63. The lowest BCUT2D eigenvalue weighted by Crippen LogP contribution is -2.46. The summed E-state index contributed by atoms with van der Waals surface area (Å²) in [5, 5.41) is 4.25. The molecule has 0 radical (unpaired) electrons. The molecule has 0 amide bonds. The maximum Gasteiger partial charge on any atom is 0.325 e. The SMILES string of the molecule is CCOc1cnn(C2CCC(N)(C(=O)OC)C2)c1. The van der Waals surface area contributed by atoms with Crippen molar-refractivity contribution in [2.45, 2.75) is 37.8 Å². The van der Waals surface area contributed by atoms with Crippen LogP contribution < -0.4 is 10.5 Å². The number of carbonyl (C=O) groups is 1. The van der Waals surface area contributed by atoms with Gasteiger partial charge in [-0.2, -0.15) is 5.10 Å². The van der Waals surface area contributed by atoms with Crippen LogP contribution in [-0.2, 0) is 9.53 Å². The fourth-order valence-electron chi connectivity index (χ4n) is 2.42. The molecule has 1 aliphatic carbocycles. The predicted octanol–water partition coefficient (Wildman–Crippen LogP) is 0.877. The van der Waals surface area contributed by atoms with E-state index in [9.17, 15) is 4.79 Å². The molecule has 2 rings (SSSR count). The Labute approximate surface area is 106 Å². The van der Waals surface area contributed by atoms with Crippen LogP contribution >= 0.6 is 0 Å². The van der Waals surface area contributed by atoms with E-state index < -0.39 is 5.54 Å². The van der Waals surface area contributed by atoms with Crippen molar-refractivity contribution in [1.29, 1.82) is 0 Å². The first-order chi connectivity index (χ1) is 8.59. The van der Waals surface area contributed by atoms with Crippen LogP contribution in [0.2, 0.25) is 0 Å². The van der Waals surface area contributed by atoms with E-state index in [1.807, 2.05) is 17.8 Å². The summed E-state index contributed by atoms with van der Waals surface area (Å²) >= 11 is 0. The summed E-state index contributed by atoms with van der Waals surface area (Å²) in [6.07, 6.45) is 5.51. The summed E-state index contributed by atoms with van der Waals surface area (Å²) in [6, 6.07) is 0.128. The minimum absolute atomic E-state index is 0.128. The van der Waals surface area contributed by atoms with Crippen molar-refractivity contribution in [3.63, 3.8) is 0 Å². The first-order valence-corrected chi connectivity index (χ1v) is 6.13. The Morgan fingerprint density at radius 3 is 3.17 bits per heavy atom. The molecule has 0 aromatic carbocycles. The summed E-state index contributed by atoms with van der Waals surface area (Å²) in [5.41, 5.74) is 5.18. The van der Waals surface area contributed by atoms with Gasteiger partial charge in [0.1, 0.15) is 5.54 Å². The lowest BCUT2D eigenvalue weighted by atomic mass is 9.99. The standard InChI is InChI=1S/C12H19N3O3/c1-3-18-10-7-14-15(8-10)9-4-5-12(13,6-9)11(16)17-2/h7-9H,3-6,13H2,1-2H3. The van der Waals surface area contributed by atoms with Crippen molar-refractivity contribution in [2.24, 2.45) is 5.73 Å².